The summed E-state index contributed by atoms with van der Waals surface area (Å²) in [6, 6.07) is 10.8. The average molecular weight is 270 g/mol. The maximum Gasteiger partial charge on any atom is 0.228 e. The van der Waals surface area contributed by atoms with Crippen LogP contribution in [0.3, 0.4) is 0 Å². The number of nitrogens with one attached hydrogen (secondary N) is 1. The topological polar surface area (TPSA) is 75.4 Å². The molecule has 4 nitrogen and oxygen atoms in total. The summed E-state index contributed by atoms with van der Waals surface area (Å²) in [6.07, 6.45) is 0.272. The standard InChI is InChI=1S/C16H18N2O2/c1-10-3-8-14(11(2)16(10)20)18-15(19)9-12-4-6-13(17)7-5-12/h3-8,20H,9,17H2,1-2H3,(H,18,19). The smallest absolute Gasteiger partial charge is 0.228 e. The van der Waals surface area contributed by atoms with Crippen molar-refractivity contribution in [3.05, 3.63) is 53.1 Å². The van der Waals surface area contributed by atoms with E-state index in [1.807, 2.05) is 19.1 Å². The Bertz CT molecular complexity index is 634. The van der Waals surface area contributed by atoms with Gasteiger partial charge in [-0.1, -0.05) is 18.2 Å². The fourth-order valence-corrected chi connectivity index (χ4v) is 1.99. The van der Waals surface area contributed by atoms with Crippen molar-refractivity contribution in [3.63, 3.8) is 0 Å². The van der Waals surface area contributed by atoms with E-state index < -0.39 is 0 Å². The fourth-order valence-electron chi connectivity index (χ4n) is 1.99. The van der Waals surface area contributed by atoms with Crippen molar-refractivity contribution < 1.29 is 9.90 Å². The molecule has 0 saturated carbocycles. The van der Waals surface area contributed by atoms with Gasteiger partial charge in [0.2, 0.25) is 5.91 Å². The molecule has 2 rings (SSSR count). The normalized spacial score (nSPS) is 10.3. The lowest BCUT2D eigenvalue weighted by Gasteiger charge is -2.11. The predicted octanol–water partition coefficient (Wildman–Crippen LogP) is 2.77. The van der Waals surface area contributed by atoms with Gasteiger partial charge in [0.25, 0.3) is 0 Å². The zero-order valence-electron chi connectivity index (χ0n) is 11.6. The Morgan fingerprint density at radius 2 is 1.80 bits per heavy atom. The largest absolute Gasteiger partial charge is 0.507 e. The van der Waals surface area contributed by atoms with E-state index in [2.05, 4.69) is 5.32 Å². The number of nitrogen functional groups attached to an aromatic ring is 1. The molecule has 4 N–H and O–H groups in total. The van der Waals surface area contributed by atoms with Gasteiger partial charge in [-0.15, -0.1) is 0 Å². The van der Waals surface area contributed by atoms with Crippen LogP contribution in [-0.4, -0.2) is 11.0 Å². The van der Waals surface area contributed by atoms with Crippen molar-refractivity contribution in [1.29, 1.82) is 0 Å². The Balaban J connectivity index is 2.08. The molecule has 0 aromatic heterocycles. The van der Waals surface area contributed by atoms with E-state index in [0.29, 0.717) is 16.9 Å². The zero-order chi connectivity index (χ0) is 14.7. The van der Waals surface area contributed by atoms with E-state index in [0.717, 1.165) is 11.1 Å². The molecule has 0 unspecified atom stereocenters. The summed E-state index contributed by atoms with van der Waals surface area (Å²) < 4.78 is 0. The number of hydrogen-bond acceptors (Lipinski definition) is 3. The van der Waals surface area contributed by atoms with Gasteiger partial charge in [-0.2, -0.15) is 0 Å². The summed E-state index contributed by atoms with van der Waals surface area (Å²) in [5, 5.41) is 12.7. The van der Waals surface area contributed by atoms with Crippen LogP contribution in [0.4, 0.5) is 11.4 Å². The molecule has 104 valence electrons. The van der Waals surface area contributed by atoms with Gasteiger partial charge < -0.3 is 16.2 Å². The number of amides is 1. The van der Waals surface area contributed by atoms with Crippen LogP contribution in [0.1, 0.15) is 16.7 Å². The van der Waals surface area contributed by atoms with Gasteiger partial charge in [0.05, 0.1) is 6.42 Å². The lowest BCUT2D eigenvalue weighted by Crippen LogP contribution is -2.15. The predicted molar refractivity (Wildman–Crippen MR) is 80.8 cm³/mol. The molecule has 0 saturated heterocycles. The van der Waals surface area contributed by atoms with E-state index in [-0.39, 0.29) is 18.1 Å². The van der Waals surface area contributed by atoms with Crippen LogP contribution >= 0.6 is 0 Å². The van der Waals surface area contributed by atoms with Crippen molar-refractivity contribution in [2.45, 2.75) is 20.3 Å². The third-order valence-corrected chi connectivity index (χ3v) is 3.25. The number of benzene rings is 2. The van der Waals surface area contributed by atoms with Crippen molar-refractivity contribution in [2.75, 3.05) is 11.1 Å². The van der Waals surface area contributed by atoms with E-state index >= 15 is 0 Å². The molecule has 0 bridgehead atoms. The second-order valence-electron chi connectivity index (χ2n) is 4.87. The quantitative estimate of drug-likeness (QED) is 0.751. The molecule has 0 aliphatic heterocycles. The first-order valence-corrected chi connectivity index (χ1v) is 6.41. The number of aromatic hydroxyl groups is 1. The third kappa shape index (κ3) is 3.09. The number of carbonyl (C=O) groups is 1. The van der Waals surface area contributed by atoms with Gasteiger partial charge in [0, 0.05) is 16.9 Å². The maximum absolute atomic E-state index is 12.0. The lowest BCUT2D eigenvalue weighted by molar-refractivity contribution is -0.115. The number of aryl methyl sites for hydroxylation is 1. The Labute approximate surface area is 118 Å². The van der Waals surface area contributed by atoms with E-state index in [4.69, 9.17) is 5.73 Å². The zero-order valence-corrected chi connectivity index (χ0v) is 11.6. The summed E-state index contributed by atoms with van der Waals surface area (Å²) in [5.41, 5.74) is 9.27. The highest BCUT2D eigenvalue weighted by atomic mass is 16.3. The highest BCUT2D eigenvalue weighted by Gasteiger charge is 2.09. The number of rotatable bonds is 3. The van der Waals surface area contributed by atoms with Crippen molar-refractivity contribution in [1.82, 2.24) is 0 Å². The number of phenolic OH excluding ortho intramolecular Hbond substituents is 1. The summed E-state index contributed by atoms with van der Waals surface area (Å²) in [5.74, 6) is 0.0939. The first-order chi connectivity index (χ1) is 9.47. The molecular weight excluding hydrogens is 252 g/mol. The minimum Gasteiger partial charge on any atom is -0.507 e. The Hall–Kier alpha value is -2.49. The minimum absolute atomic E-state index is 0.124. The molecule has 0 aliphatic carbocycles. The van der Waals surface area contributed by atoms with Crippen LogP contribution < -0.4 is 11.1 Å². The Morgan fingerprint density at radius 3 is 2.45 bits per heavy atom. The molecule has 0 spiro atoms. The summed E-state index contributed by atoms with van der Waals surface area (Å²) in [6.45, 7) is 3.60. The van der Waals surface area contributed by atoms with Crippen molar-refractivity contribution in [2.24, 2.45) is 0 Å². The lowest BCUT2D eigenvalue weighted by atomic mass is 10.1. The van der Waals surface area contributed by atoms with Crippen LogP contribution in [-0.2, 0) is 11.2 Å². The number of anilines is 2. The van der Waals surface area contributed by atoms with Crippen LogP contribution in [0.15, 0.2) is 36.4 Å². The SMILES string of the molecule is Cc1ccc(NC(=O)Cc2ccc(N)cc2)c(C)c1O. The molecule has 1 amide bonds. The van der Waals surface area contributed by atoms with Crippen LogP contribution in [0.5, 0.6) is 5.75 Å². The number of nitrogens with two attached hydrogens (primary N) is 1. The summed E-state index contributed by atoms with van der Waals surface area (Å²) in [7, 11) is 0. The second kappa shape index (κ2) is 5.65. The number of phenols is 1. The first kappa shape index (κ1) is 13.9. The van der Waals surface area contributed by atoms with Gasteiger partial charge in [-0.3, -0.25) is 4.79 Å². The molecule has 0 fully saturated rings. The molecule has 4 heteroatoms. The maximum atomic E-state index is 12.0. The van der Waals surface area contributed by atoms with Gasteiger partial charge >= 0.3 is 0 Å². The van der Waals surface area contributed by atoms with E-state index in [9.17, 15) is 9.90 Å². The van der Waals surface area contributed by atoms with E-state index in [1.165, 1.54) is 0 Å². The Kier molecular flexibility index (Phi) is 3.94. The summed E-state index contributed by atoms with van der Waals surface area (Å²) in [4.78, 5) is 12.0. The minimum atomic E-state index is -0.124. The van der Waals surface area contributed by atoms with Crippen LogP contribution in [0.2, 0.25) is 0 Å². The first-order valence-electron chi connectivity index (χ1n) is 6.41. The molecule has 0 radical (unpaired) electrons. The van der Waals surface area contributed by atoms with Gasteiger partial charge in [-0.25, -0.2) is 0 Å². The molecule has 0 aliphatic rings. The van der Waals surface area contributed by atoms with Crippen molar-refractivity contribution in [3.8, 4) is 5.75 Å². The molecular formula is C16H18N2O2. The third-order valence-electron chi connectivity index (χ3n) is 3.25. The van der Waals surface area contributed by atoms with Gasteiger partial charge in [-0.05, 0) is 43.2 Å². The summed E-state index contributed by atoms with van der Waals surface area (Å²) >= 11 is 0. The number of carbonyl (C=O) groups excluding carboxylic acids is 1. The molecule has 0 heterocycles. The van der Waals surface area contributed by atoms with Gasteiger partial charge in [0.15, 0.2) is 0 Å². The average Bonchev–Trinajstić information content (AvgIpc) is 2.42. The fraction of sp³-hybridized carbons (Fsp3) is 0.188. The van der Waals surface area contributed by atoms with Crippen LogP contribution in [0.25, 0.3) is 0 Å². The highest BCUT2D eigenvalue weighted by molar-refractivity contribution is 5.93. The van der Waals surface area contributed by atoms with Crippen LogP contribution in [0, 0.1) is 13.8 Å². The molecule has 2 aromatic rings. The Morgan fingerprint density at radius 1 is 1.15 bits per heavy atom. The van der Waals surface area contributed by atoms with Gasteiger partial charge in [0.1, 0.15) is 5.75 Å². The molecule has 2 aromatic carbocycles. The van der Waals surface area contributed by atoms with E-state index in [1.54, 1.807) is 31.2 Å². The monoisotopic (exact) mass is 270 g/mol. The number of hydrogen-bond donors (Lipinski definition) is 3. The second-order valence-corrected chi connectivity index (χ2v) is 4.87. The molecule has 20 heavy (non-hydrogen) atoms. The highest BCUT2D eigenvalue weighted by Crippen LogP contribution is 2.28. The van der Waals surface area contributed by atoms with Crippen molar-refractivity contribution >= 4 is 17.3 Å². The molecule has 0 atom stereocenters.